The molecule has 0 fully saturated rings. The minimum atomic E-state index is -0.0517. The number of halogens is 1. The average Bonchev–Trinajstić information content (AvgIpc) is 2.92. The van der Waals surface area contributed by atoms with E-state index in [0.29, 0.717) is 5.02 Å². The van der Waals surface area contributed by atoms with Crippen LogP contribution in [0.2, 0.25) is 5.02 Å². The molecule has 0 bridgehead atoms. The molecule has 0 unspecified atom stereocenters. The molecule has 2 aromatic carbocycles. The second-order valence-corrected chi connectivity index (χ2v) is 5.34. The molecule has 3 nitrogen and oxygen atoms in total. The zero-order valence-corrected chi connectivity index (χ0v) is 12.4. The molecule has 4 heteroatoms. The predicted octanol–water partition coefficient (Wildman–Crippen LogP) is 3.99. The molecule has 0 spiro atoms. The summed E-state index contributed by atoms with van der Waals surface area (Å²) in [5.74, 6) is 0. The van der Waals surface area contributed by atoms with Crippen LogP contribution in [0.3, 0.4) is 0 Å². The largest absolute Gasteiger partial charge is 0.392 e. The van der Waals surface area contributed by atoms with Gasteiger partial charge in [0.15, 0.2) is 0 Å². The quantitative estimate of drug-likeness (QED) is 0.794. The molecule has 3 rings (SSSR count). The normalized spacial score (nSPS) is 10.8. The molecule has 0 aliphatic heterocycles. The van der Waals surface area contributed by atoms with Gasteiger partial charge in [-0.15, -0.1) is 0 Å². The third kappa shape index (κ3) is 2.71. The molecule has 1 aromatic heterocycles. The first kappa shape index (κ1) is 13.9. The van der Waals surface area contributed by atoms with Crippen molar-refractivity contribution in [1.29, 1.82) is 0 Å². The number of aromatic nitrogens is 2. The second-order valence-electron chi connectivity index (χ2n) is 4.90. The Kier molecular flexibility index (Phi) is 3.78. The summed E-state index contributed by atoms with van der Waals surface area (Å²) >= 11 is 5.92. The van der Waals surface area contributed by atoms with Gasteiger partial charge in [-0.3, -0.25) is 0 Å². The molecule has 0 aliphatic rings. The first-order chi connectivity index (χ1) is 10.2. The third-order valence-electron chi connectivity index (χ3n) is 3.44. The first-order valence-electron chi connectivity index (χ1n) is 6.70. The minimum absolute atomic E-state index is 0.0517. The summed E-state index contributed by atoms with van der Waals surface area (Å²) in [6.07, 6.45) is 1.87. The van der Waals surface area contributed by atoms with E-state index >= 15 is 0 Å². The van der Waals surface area contributed by atoms with Crippen molar-refractivity contribution in [2.24, 2.45) is 0 Å². The van der Waals surface area contributed by atoms with Gasteiger partial charge in [0.2, 0.25) is 0 Å². The van der Waals surface area contributed by atoms with E-state index in [1.54, 1.807) is 0 Å². The monoisotopic (exact) mass is 298 g/mol. The molecular formula is C17H15ClN2O. The summed E-state index contributed by atoms with van der Waals surface area (Å²) in [6, 6.07) is 15.5. The predicted molar refractivity (Wildman–Crippen MR) is 84.7 cm³/mol. The van der Waals surface area contributed by atoms with Crippen molar-refractivity contribution in [2.45, 2.75) is 13.5 Å². The maximum atomic E-state index is 9.58. The van der Waals surface area contributed by atoms with Gasteiger partial charge in [0.05, 0.1) is 18.0 Å². The Labute approximate surface area is 128 Å². The summed E-state index contributed by atoms with van der Waals surface area (Å²) in [5, 5.41) is 14.9. The highest BCUT2D eigenvalue weighted by molar-refractivity contribution is 6.30. The van der Waals surface area contributed by atoms with Gasteiger partial charge >= 0.3 is 0 Å². The van der Waals surface area contributed by atoms with Crippen LogP contribution in [0.15, 0.2) is 54.7 Å². The molecule has 106 valence electrons. The van der Waals surface area contributed by atoms with Gasteiger partial charge in [-0.25, -0.2) is 4.68 Å². The zero-order chi connectivity index (χ0) is 14.8. The Morgan fingerprint density at radius 2 is 1.81 bits per heavy atom. The topological polar surface area (TPSA) is 38.0 Å². The lowest BCUT2D eigenvalue weighted by molar-refractivity contribution is 0.282. The number of aliphatic hydroxyl groups is 1. The molecule has 3 aromatic rings. The summed E-state index contributed by atoms with van der Waals surface area (Å²) in [5.41, 5.74) is 4.65. The number of rotatable bonds is 3. The van der Waals surface area contributed by atoms with Gasteiger partial charge in [0.1, 0.15) is 0 Å². The van der Waals surface area contributed by atoms with Crippen LogP contribution < -0.4 is 0 Å². The van der Waals surface area contributed by atoms with Gasteiger partial charge in [-0.1, -0.05) is 41.9 Å². The summed E-state index contributed by atoms with van der Waals surface area (Å²) in [7, 11) is 0. The van der Waals surface area contributed by atoms with Crippen LogP contribution in [0.25, 0.3) is 16.9 Å². The van der Waals surface area contributed by atoms with Crippen LogP contribution in [-0.2, 0) is 6.61 Å². The molecule has 1 N–H and O–H groups in total. The smallest absolute Gasteiger partial charge is 0.0982 e. The fraction of sp³-hybridized carbons (Fsp3) is 0.118. The number of benzene rings is 2. The lowest BCUT2D eigenvalue weighted by atomic mass is 10.1. The van der Waals surface area contributed by atoms with Crippen LogP contribution >= 0.6 is 11.6 Å². The lowest BCUT2D eigenvalue weighted by Crippen LogP contribution is -1.97. The zero-order valence-electron chi connectivity index (χ0n) is 11.6. The second kappa shape index (κ2) is 5.72. The lowest BCUT2D eigenvalue weighted by Gasteiger charge is -2.04. The SMILES string of the molecule is Cc1ccccc1-n1cc(CO)c(-c2ccc(Cl)cc2)n1. The van der Waals surface area contributed by atoms with Crippen LogP contribution in [0.1, 0.15) is 11.1 Å². The highest BCUT2D eigenvalue weighted by atomic mass is 35.5. The van der Waals surface area contributed by atoms with Crippen molar-refractivity contribution < 1.29 is 5.11 Å². The highest BCUT2D eigenvalue weighted by Crippen LogP contribution is 2.25. The maximum absolute atomic E-state index is 9.58. The van der Waals surface area contributed by atoms with Crippen LogP contribution in [0, 0.1) is 6.92 Å². The van der Waals surface area contributed by atoms with E-state index in [0.717, 1.165) is 28.1 Å². The van der Waals surface area contributed by atoms with Crippen molar-refractivity contribution in [3.8, 4) is 16.9 Å². The number of aliphatic hydroxyl groups excluding tert-OH is 1. The van der Waals surface area contributed by atoms with E-state index in [9.17, 15) is 5.11 Å². The Morgan fingerprint density at radius 1 is 1.10 bits per heavy atom. The van der Waals surface area contributed by atoms with E-state index in [1.165, 1.54) is 0 Å². The van der Waals surface area contributed by atoms with E-state index in [-0.39, 0.29) is 6.61 Å². The van der Waals surface area contributed by atoms with Gasteiger partial charge in [0, 0.05) is 22.3 Å². The van der Waals surface area contributed by atoms with Gasteiger partial charge in [-0.2, -0.15) is 5.10 Å². The Hall–Kier alpha value is -2.10. The van der Waals surface area contributed by atoms with Gasteiger partial charge < -0.3 is 5.11 Å². The number of hydrogen-bond acceptors (Lipinski definition) is 2. The number of aryl methyl sites for hydroxylation is 1. The molecular weight excluding hydrogens is 284 g/mol. The standard InChI is InChI=1S/C17H15ClN2O/c1-12-4-2-3-5-16(12)20-10-14(11-21)17(19-20)13-6-8-15(18)9-7-13/h2-10,21H,11H2,1H3. The van der Waals surface area contributed by atoms with Crippen molar-refractivity contribution in [3.05, 3.63) is 70.9 Å². The fourth-order valence-corrected chi connectivity index (χ4v) is 2.45. The van der Waals surface area contributed by atoms with Crippen molar-refractivity contribution in [2.75, 3.05) is 0 Å². The summed E-state index contributed by atoms with van der Waals surface area (Å²) < 4.78 is 1.81. The summed E-state index contributed by atoms with van der Waals surface area (Å²) in [6.45, 7) is 1.99. The Bertz CT molecular complexity index is 763. The Balaban J connectivity index is 2.11. The molecule has 0 saturated carbocycles. The maximum Gasteiger partial charge on any atom is 0.0982 e. The average molecular weight is 299 g/mol. The molecule has 0 radical (unpaired) electrons. The molecule has 0 saturated heterocycles. The van der Waals surface area contributed by atoms with Gasteiger partial charge in [0.25, 0.3) is 0 Å². The van der Waals surface area contributed by atoms with E-state index in [4.69, 9.17) is 11.6 Å². The third-order valence-corrected chi connectivity index (χ3v) is 3.69. The van der Waals surface area contributed by atoms with E-state index < -0.39 is 0 Å². The first-order valence-corrected chi connectivity index (χ1v) is 7.08. The fourth-order valence-electron chi connectivity index (χ4n) is 2.32. The molecule has 21 heavy (non-hydrogen) atoms. The Morgan fingerprint density at radius 3 is 2.48 bits per heavy atom. The molecule has 0 aliphatic carbocycles. The van der Waals surface area contributed by atoms with E-state index in [2.05, 4.69) is 5.10 Å². The van der Waals surface area contributed by atoms with Crippen LogP contribution in [0.4, 0.5) is 0 Å². The number of hydrogen-bond donors (Lipinski definition) is 1. The molecule has 1 heterocycles. The van der Waals surface area contributed by atoms with E-state index in [1.807, 2.05) is 66.3 Å². The van der Waals surface area contributed by atoms with Crippen LogP contribution in [-0.4, -0.2) is 14.9 Å². The van der Waals surface area contributed by atoms with Crippen LogP contribution in [0.5, 0.6) is 0 Å². The summed E-state index contributed by atoms with van der Waals surface area (Å²) in [4.78, 5) is 0. The number of para-hydroxylation sites is 1. The van der Waals surface area contributed by atoms with Crippen molar-refractivity contribution >= 4 is 11.6 Å². The molecule has 0 amide bonds. The number of nitrogens with zero attached hydrogens (tertiary/aromatic N) is 2. The molecule has 0 atom stereocenters. The van der Waals surface area contributed by atoms with Crippen molar-refractivity contribution in [3.63, 3.8) is 0 Å². The van der Waals surface area contributed by atoms with Gasteiger partial charge in [-0.05, 0) is 30.7 Å². The minimum Gasteiger partial charge on any atom is -0.392 e. The highest BCUT2D eigenvalue weighted by Gasteiger charge is 2.12. The van der Waals surface area contributed by atoms with Crippen molar-refractivity contribution in [1.82, 2.24) is 9.78 Å².